The fourth-order valence-corrected chi connectivity index (χ4v) is 4.53. The van der Waals surface area contributed by atoms with Gasteiger partial charge in [0.1, 0.15) is 0 Å². The monoisotopic (exact) mass is 341 g/mol. The highest BCUT2D eigenvalue weighted by Crippen LogP contribution is 2.40. The van der Waals surface area contributed by atoms with Gasteiger partial charge in [-0.25, -0.2) is 4.98 Å². The minimum Gasteiger partial charge on any atom is -0.340 e. The number of aryl methyl sites for hydroxylation is 1. The number of hydrogen-bond acceptors (Lipinski definition) is 4. The van der Waals surface area contributed by atoms with Gasteiger partial charge in [0.25, 0.3) is 0 Å². The van der Waals surface area contributed by atoms with Gasteiger partial charge in [-0.1, -0.05) is 30.3 Å². The first-order valence-corrected chi connectivity index (χ1v) is 9.50. The number of rotatable bonds is 4. The molecule has 0 aliphatic carbocycles. The second-order valence-electron chi connectivity index (χ2n) is 6.98. The summed E-state index contributed by atoms with van der Waals surface area (Å²) in [7, 11) is 0. The largest absolute Gasteiger partial charge is 0.340 e. The highest BCUT2D eigenvalue weighted by atomic mass is 32.1. The molecule has 1 aromatic heterocycles. The van der Waals surface area contributed by atoms with Crippen molar-refractivity contribution in [1.29, 1.82) is 0 Å². The molecule has 1 aromatic carbocycles. The maximum absolute atomic E-state index is 12.6. The van der Waals surface area contributed by atoms with Crippen LogP contribution in [0.15, 0.2) is 35.7 Å². The summed E-state index contributed by atoms with van der Waals surface area (Å²) in [6, 6.07) is 10.0. The van der Waals surface area contributed by atoms with Gasteiger partial charge >= 0.3 is 0 Å². The molecule has 0 bridgehead atoms. The number of hydrogen-bond donors (Lipinski definition) is 0. The second-order valence-corrected chi connectivity index (χ2v) is 8.04. The van der Waals surface area contributed by atoms with Gasteiger partial charge in [-0.15, -0.1) is 11.3 Å². The molecule has 24 heavy (non-hydrogen) atoms. The lowest BCUT2D eigenvalue weighted by molar-refractivity contribution is -0.130. The van der Waals surface area contributed by atoms with Crippen LogP contribution in [0.25, 0.3) is 0 Å². The van der Waals surface area contributed by atoms with Crippen LogP contribution in [-0.2, 0) is 17.8 Å². The number of nitrogens with zero attached hydrogens (tertiary/aromatic N) is 3. The number of carbonyl (C=O) groups is 1. The average Bonchev–Trinajstić information content (AvgIpc) is 3.20. The molecule has 2 aliphatic rings. The average molecular weight is 341 g/mol. The first kappa shape index (κ1) is 15.8. The van der Waals surface area contributed by atoms with Gasteiger partial charge in [-0.05, 0) is 25.3 Å². The van der Waals surface area contributed by atoms with Gasteiger partial charge in [0, 0.05) is 37.1 Å². The molecule has 126 valence electrons. The highest BCUT2D eigenvalue weighted by molar-refractivity contribution is 7.09. The molecule has 2 aromatic rings. The Morgan fingerprint density at radius 1 is 1.25 bits per heavy atom. The number of benzene rings is 1. The van der Waals surface area contributed by atoms with Gasteiger partial charge < -0.3 is 4.90 Å². The van der Waals surface area contributed by atoms with Gasteiger partial charge in [-0.3, -0.25) is 9.69 Å². The van der Waals surface area contributed by atoms with E-state index in [-0.39, 0.29) is 11.4 Å². The molecule has 2 saturated heterocycles. The van der Waals surface area contributed by atoms with Crippen LogP contribution in [-0.4, -0.2) is 45.9 Å². The predicted octanol–water partition coefficient (Wildman–Crippen LogP) is 2.87. The van der Waals surface area contributed by atoms with Crippen molar-refractivity contribution < 1.29 is 4.79 Å². The number of carbonyl (C=O) groups excluding carboxylic acids is 1. The molecule has 0 radical (unpaired) electrons. The molecular weight excluding hydrogens is 318 g/mol. The smallest absolute Gasteiger partial charge is 0.227 e. The lowest BCUT2D eigenvalue weighted by atomic mass is 9.83. The predicted molar refractivity (Wildman–Crippen MR) is 96.0 cm³/mol. The molecule has 1 unspecified atom stereocenters. The van der Waals surface area contributed by atoms with E-state index in [0.29, 0.717) is 6.42 Å². The van der Waals surface area contributed by atoms with Crippen molar-refractivity contribution in [1.82, 2.24) is 14.8 Å². The van der Waals surface area contributed by atoms with Crippen molar-refractivity contribution >= 4 is 17.2 Å². The third-order valence-corrected chi connectivity index (χ3v) is 6.24. The van der Waals surface area contributed by atoms with Crippen LogP contribution in [0.2, 0.25) is 0 Å². The Morgan fingerprint density at radius 3 is 2.71 bits per heavy atom. The zero-order chi connectivity index (χ0) is 16.6. The lowest BCUT2D eigenvalue weighted by Crippen LogP contribution is -2.60. The summed E-state index contributed by atoms with van der Waals surface area (Å²) in [6.45, 7) is 5.86. The Labute approximate surface area is 147 Å². The molecule has 1 spiro atoms. The summed E-state index contributed by atoms with van der Waals surface area (Å²) < 4.78 is 0. The Hall–Kier alpha value is -1.72. The minimum atomic E-state index is 0.198. The molecule has 4 nitrogen and oxygen atoms in total. The molecule has 0 N–H and O–H groups in total. The van der Waals surface area contributed by atoms with E-state index >= 15 is 0 Å². The van der Waals surface area contributed by atoms with Gasteiger partial charge in [0.05, 0.1) is 17.1 Å². The standard InChI is InChI=1S/C19H23N3OS/c1-15-20-17(13-24-15)12-22-10-8-19(22)7-9-21(14-19)18(23)11-16-5-3-2-4-6-16/h2-6,13H,7-12,14H2,1H3. The Balaban J connectivity index is 1.37. The Morgan fingerprint density at radius 2 is 2.04 bits per heavy atom. The Bertz CT molecular complexity index is 729. The van der Waals surface area contributed by atoms with Gasteiger partial charge in [0.2, 0.25) is 5.91 Å². The highest BCUT2D eigenvalue weighted by Gasteiger charge is 2.49. The molecule has 5 heteroatoms. The van der Waals surface area contributed by atoms with E-state index in [1.165, 1.54) is 12.1 Å². The van der Waals surface area contributed by atoms with Crippen molar-refractivity contribution in [3.63, 3.8) is 0 Å². The number of thiazole rings is 1. The first-order chi connectivity index (χ1) is 11.6. The molecule has 3 heterocycles. The van der Waals surface area contributed by atoms with Crippen molar-refractivity contribution in [2.45, 2.75) is 38.3 Å². The lowest BCUT2D eigenvalue weighted by Gasteiger charge is -2.50. The van der Waals surface area contributed by atoms with Crippen molar-refractivity contribution in [2.75, 3.05) is 19.6 Å². The van der Waals surface area contributed by atoms with Crippen LogP contribution in [0.3, 0.4) is 0 Å². The summed E-state index contributed by atoms with van der Waals surface area (Å²) in [6.07, 6.45) is 2.81. The third kappa shape index (κ3) is 2.98. The van der Waals surface area contributed by atoms with Crippen molar-refractivity contribution in [3.05, 3.63) is 52.0 Å². The first-order valence-electron chi connectivity index (χ1n) is 8.62. The summed E-state index contributed by atoms with van der Waals surface area (Å²) >= 11 is 1.72. The van der Waals surface area contributed by atoms with Crippen LogP contribution < -0.4 is 0 Å². The molecular formula is C19H23N3OS. The maximum Gasteiger partial charge on any atom is 0.227 e. The summed E-state index contributed by atoms with van der Waals surface area (Å²) in [5.74, 6) is 0.259. The quantitative estimate of drug-likeness (QED) is 0.858. The molecule has 1 atom stereocenters. The van der Waals surface area contributed by atoms with Crippen molar-refractivity contribution in [2.24, 2.45) is 0 Å². The molecule has 0 saturated carbocycles. The van der Waals surface area contributed by atoms with Crippen LogP contribution >= 0.6 is 11.3 Å². The summed E-state index contributed by atoms with van der Waals surface area (Å²) in [5, 5.41) is 3.29. The van der Waals surface area contributed by atoms with E-state index in [2.05, 4.69) is 27.1 Å². The fraction of sp³-hybridized carbons (Fsp3) is 0.474. The Kier molecular flexibility index (Phi) is 4.14. The van der Waals surface area contributed by atoms with Gasteiger partial charge in [0.15, 0.2) is 0 Å². The summed E-state index contributed by atoms with van der Waals surface area (Å²) in [4.78, 5) is 21.8. The summed E-state index contributed by atoms with van der Waals surface area (Å²) in [5.41, 5.74) is 2.47. The zero-order valence-corrected chi connectivity index (χ0v) is 14.9. The van der Waals surface area contributed by atoms with Crippen LogP contribution in [0.1, 0.15) is 29.1 Å². The zero-order valence-electron chi connectivity index (χ0n) is 14.1. The molecule has 2 aliphatic heterocycles. The van der Waals surface area contributed by atoms with Crippen molar-refractivity contribution in [3.8, 4) is 0 Å². The van der Waals surface area contributed by atoms with Gasteiger partial charge in [-0.2, -0.15) is 0 Å². The normalized spacial score (nSPS) is 23.6. The van der Waals surface area contributed by atoms with E-state index in [0.717, 1.165) is 43.2 Å². The molecule has 1 amide bonds. The van der Waals surface area contributed by atoms with Crippen LogP contribution in [0, 0.1) is 6.92 Å². The number of likely N-dealkylation sites (tertiary alicyclic amines) is 2. The third-order valence-electron chi connectivity index (χ3n) is 5.42. The van der Waals surface area contributed by atoms with Crippen LogP contribution in [0.4, 0.5) is 0 Å². The molecule has 4 rings (SSSR count). The SMILES string of the molecule is Cc1nc(CN2CCC23CCN(C(=O)Cc2ccccc2)C3)cs1. The molecule has 2 fully saturated rings. The second kappa shape index (κ2) is 6.30. The maximum atomic E-state index is 12.6. The van der Waals surface area contributed by atoms with Crippen LogP contribution in [0.5, 0.6) is 0 Å². The van der Waals surface area contributed by atoms with E-state index in [4.69, 9.17) is 0 Å². The van der Waals surface area contributed by atoms with E-state index in [1.54, 1.807) is 11.3 Å². The topological polar surface area (TPSA) is 36.4 Å². The number of aromatic nitrogens is 1. The fourth-order valence-electron chi connectivity index (χ4n) is 3.92. The van der Waals surface area contributed by atoms with E-state index < -0.39 is 0 Å². The number of amides is 1. The minimum absolute atomic E-state index is 0.198. The van der Waals surface area contributed by atoms with E-state index in [1.807, 2.05) is 30.3 Å². The van der Waals surface area contributed by atoms with E-state index in [9.17, 15) is 4.79 Å².